The molecule has 0 aliphatic heterocycles. The Kier molecular flexibility index (Phi) is 11.1. The molecule has 0 aromatic carbocycles. The summed E-state index contributed by atoms with van der Waals surface area (Å²) in [7, 11) is 0. The van der Waals surface area contributed by atoms with Crippen LogP contribution in [-0.4, -0.2) is 72.0 Å². The maximum atomic E-state index is 12.8. The molecule has 13 heteroatoms. The van der Waals surface area contributed by atoms with Crippen molar-refractivity contribution in [2.45, 2.75) is 76.8 Å². The van der Waals surface area contributed by atoms with Crippen molar-refractivity contribution in [3.8, 4) is 0 Å². The highest BCUT2D eigenvalue weighted by molar-refractivity contribution is 6.02. The number of nitrogens with one attached hydrogen (secondary N) is 1. The van der Waals surface area contributed by atoms with Gasteiger partial charge in [-0.1, -0.05) is 0 Å². The first-order chi connectivity index (χ1) is 17.3. The van der Waals surface area contributed by atoms with E-state index in [0.717, 1.165) is 12.8 Å². The molecule has 9 nitrogen and oxygen atoms in total. The Morgan fingerprint density at radius 2 is 1.72 bits per heavy atom. The zero-order valence-corrected chi connectivity index (χ0v) is 19.7. The number of alkyl halides is 4. The lowest BCUT2D eigenvalue weighted by Crippen LogP contribution is -2.24. The summed E-state index contributed by atoms with van der Waals surface area (Å²) in [6.07, 6.45) is 8.59. The molecule has 0 saturated heterocycles. The predicted molar refractivity (Wildman–Crippen MR) is 124 cm³/mol. The van der Waals surface area contributed by atoms with Gasteiger partial charge in [0.2, 0.25) is 5.95 Å². The third-order valence-corrected chi connectivity index (χ3v) is 6.19. The summed E-state index contributed by atoms with van der Waals surface area (Å²) in [5.41, 5.74) is 0.0717. The van der Waals surface area contributed by atoms with Gasteiger partial charge in [-0.25, -0.2) is 15.0 Å². The molecule has 1 aromatic rings. The van der Waals surface area contributed by atoms with Crippen molar-refractivity contribution >= 4 is 30.1 Å². The van der Waals surface area contributed by atoms with E-state index < -0.39 is 25.2 Å². The van der Waals surface area contributed by atoms with E-state index in [4.69, 9.17) is 0 Å². The fraction of sp³-hybridized carbons (Fsp3) is 0.696. The molecule has 1 heterocycles. The van der Waals surface area contributed by atoms with E-state index in [1.807, 2.05) is 0 Å². The largest absolute Gasteiger partial charge is 0.393 e. The van der Waals surface area contributed by atoms with E-state index >= 15 is 0 Å². The van der Waals surface area contributed by atoms with Crippen molar-refractivity contribution < 1.29 is 36.9 Å². The van der Waals surface area contributed by atoms with Gasteiger partial charge in [-0.05, 0) is 63.2 Å². The number of anilines is 1. The van der Waals surface area contributed by atoms with Crippen LogP contribution in [0.5, 0.6) is 0 Å². The first kappa shape index (κ1) is 28.1. The molecule has 0 unspecified atom stereocenters. The summed E-state index contributed by atoms with van der Waals surface area (Å²) in [4.78, 5) is 29.6. The number of nitrogens with zero attached hydrogens (tertiary/aromatic N) is 4. The Labute approximate surface area is 206 Å². The lowest BCUT2D eigenvalue weighted by molar-refractivity contribution is -0.170. The van der Waals surface area contributed by atoms with E-state index in [1.54, 1.807) is 6.21 Å². The average molecular weight is 518 g/mol. The highest BCUT2D eigenvalue weighted by Gasteiger charge is 2.24. The van der Waals surface area contributed by atoms with Crippen LogP contribution < -0.4 is 5.32 Å². The molecule has 2 saturated carbocycles. The number of carbonyl (C=O) groups excluding carboxylic acids is 1. The molecule has 2 N–H and O–H groups in total. The number of aliphatic hydroxyl groups excluding tert-OH is 1. The zero-order valence-electron chi connectivity index (χ0n) is 19.7. The minimum Gasteiger partial charge on any atom is -0.393 e. The molecule has 200 valence electrons. The Morgan fingerprint density at radius 1 is 1.06 bits per heavy atom. The molecule has 1 aromatic heterocycles. The minimum absolute atomic E-state index is 0.0252. The third-order valence-electron chi connectivity index (χ3n) is 6.19. The maximum absolute atomic E-state index is 12.8. The molecule has 2 aliphatic rings. The summed E-state index contributed by atoms with van der Waals surface area (Å²) in [6, 6.07) is 0. The van der Waals surface area contributed by atoms with Crippen LogP contribution in [0.4, 0.5) is 29.3 Å². The van der Waals surface area contributed by atoms with Crippen LogP contribution in [-0.2, 0) is 9.47 Å². The van der Waals surface area contributed by atoms with Gasteiger partial charge >= 0.3 is 13.2 Å². The second kappa shape index (κ2) is 14.3. The molecule has 2 fully saturated rings. The summed E-state index contributed by atoms with van der Waals surface area (Å²) < 4.78 is 57.8. The Morgan fingerprint density at radius 3 is 2.39 bits per heavy atom. The molecule has 3 rings (SSSR count). The van der Waals surface area contributed by atoms with Crippen molar-refractivity contribution in [1.82, 2.24) is 9.97 Å². The summed E-state index contributed by atoms with van der Waals surface area (Å²) in [5.74, 6) is -0.332. The van der Waals surface area contributed by atoms with Gasteiger partial charge in [0.25, 0.3) is 5.91 Å². The highest BCUT2D eigenvalue weighted by atomic mass is 19.3. The van der Waals surface area contributed by atoms with Crippen LogP contribution in [0.15, 0.2) is 16.2 Å². The van der Waals surface area contributed by atoms with Crippen molar-refractivity contribution in [2.75, 3.05) is 18.5 Å². The SMILES string of the molecule is O=C(N=CC1CCC(OC(F)F)CC1)c1cnc(NCCOC(F)F)nc1N=CC1CCC(O)CC1. The van der Waals surface area contributed by atoms with Gasteiger partial charge < -0.3 is 19.9 Å². The molecular formula is C23H31F4N5O4. The van der Waals surface area contributed by atoms with Gasteiger partial charge in [0.15, 0.2) is 5.82 Å². The minimum atomic E-state index is -2.88. The molecule has 0 bridgehead atoms. The van der Waals surface area contributed by atoms with Gasteiger partial charge in [-0.3, -0.25) is 4.79 Å². The number of aromatic nitrogens is 2. The van der Waals surface area contributed by atoms with Crippen molar-refractivity contribution in [2.24, 2.45) is 21.8 Å². The van der Waals surface area contributed by atoms with Crippen molar-refractivity contribution in [3.05, 3.63) is 11.8 Å². The summed E-state index contributed by atoms with van der Waals surface area (Å²) in [6.45, 7) is -5.92. The first-order valence-corrected chi connectivity index (χ1v) is 12.0. The second-order valence-electron chi connectivity index (χ2n) is 8.85. The highest BCUT2D eigenvalue weighted by Crippen LogP contribution is 2.27. The number of amides is 1. The number of aliphatic imine (C=N–C) groups is 2. The fourth-order valence-corrected chi connectivity index (χ4v) is 4.21. The third kappa shape index (κ3) is 9.51. The fourth-order valence-electron chi connectivity index (χ4n) is 4.21. The smallest absolute Gasteiger partial charge is 0.345 e. The molecule has 36 heavy (non-hydrogen) atoms. The molecule has 0 spiro atoms. The summed E-state index contributed by atoms with van der Waals surface area (Å²) >= 11 is 0. The zero-order chi connectivity index (χ0) is 25.9. The number of hydrogen-bond acceptors (Lipinski definition) is 8. The molecule has 0 radical (unpaired) electrons. The monoisotopic (exact) mass is 517 g/mol. The van der Waals surface area contributed by atoms with Gasteiger partial charge in [-0.2, -0.15) is 22.5 Å². The van der Waals surface area contributed by atoms with Crippen LogP contribution in [0.3, 0.4) is 0 Å². The number of hydrogen-bond donors (Lipinski definition) is 2. The molecule has 1 amide bonds. The molecular weight excluding hydrogens is 486 g/mol. The lowest BCUT2D eigenvalue weighted by Gasteiger charge is -2.25. The van der Waals surface area contributed by atoms with Crippen LogP contribution >= 0.6 is 0 Å². The normalized spacial score (nSPS) is 25.3. The topological polar surface area (TPSA) is 118 Å². The first-order valence-electron chi connectivity index (χ1n) is 12.0. The van der Waals surface area contributed by atoms with Gasteiger partial charge in [0, 0.05) is 25.2 Å². The van der Waals surface area contributed by atoms with E-state index in [9.17, 15) is 27.5 Å². The van der Waals surface area contributed by atoms with Crippen molar-refractivity contribution in [1.29, 1.82) is 0 Å². The number of ether oxygens (including phenoxy) is 2. The Bertz CT molecular complexity index is 889. The van der Waals surface area contributed by atoms with E-state index in [1.165, 1.54) is 12.4 Å². The number of carbonyl (C=O) groups is 1. The van der Waals surface area contributed by atoms with E-state index in [0.29, 0.717) is 38.5 Å². The molecule has 2 aliphatic carbocycles. The van der Waals surface area contributed by atoms with Crippen molar-refractivity contribution in [3.63, 3.8) is 0 Å². The number of halogens is 4. The maximum Gasteiger partial charge on any atom is 0.345 e. The van der Waals surface area contributed by atoms with Gasteiger partial charge in [0.1, 0.15) is 5.56 Å². The van der Waals surface area contributed by atoms with Gasteiger partial charge in [0.05, 0.1) is 18.8 Å². The van der Waals surface area contributed by atoms with Crippen LogP contribution in [0, 0.1) is 11.8 Å². The Hall–Kier alpha value is -2.51. The Balaban J connectivity index is 1.66. The summed E-state index contributed by atoms with van der Waals surface area (Å²) in [5, 5.41) is 12.4. The van der Waals surface area contributed by atoms with Crippen LogP contribution in [0.25, 0.3) is 0 Å². The lowest BCUT2D eigenvalue weighted by atomic mass is 9.88. The second-order valence-corrected chi connectivity index (χ2v) is 8.85. The van der Waals surface area contributed by atoms with Gasteiger partial charge in [-0.15, -0.1) is 0 Å². The van der Waals surface area contributed by atoms with E-state index in [2.05, 4.69) is 34.7 Å². The van der Waals surface area contributed by atoms with Crippen LogP contribution in [0.1, 0.15) is 61.7 Å². The van der Waals surface area contributed by atoms with E-state index in [-0.39, 0.29) is 48.4 Å². The molecule has 0 atom stereocenters. The standard InChI is InChI=1S/C23H31F4N5O4/c24-21(25)35-10-9-28-23-31-13-18(19(32-23)29-11-14-1-5-16(33)6-2-14)20(34)30-12-15-3-7-17(8-4-15)36-22(26)27/h11-17,21-22,33H,1-10H2,(H,28,31,32). The predicted octanol–water partition coefficient (Wildman–Crippen LogP) is 4.39. The number of aliphatic hydroxyl groups is 1. The van der Waals surface area contributed by atoms with Crippen LogP contribution in [0.2, 0.25) is 0 Å². The average Bonchev–Trinajstić information content (AvgIpc) is 2.85. The quantitative estimate of drug-likeness (QED) is 0.254. The number of rotatable bonds is 11.